The summed E-state index contributed by atoms with van der Waals surface area (Å²) in [6.07, 6.45) is 3.83. The van der Waals surface area contributed by atoms with Gasteiger partial charge in [-0.2, -0.15) is 0 Å². The first-order valence-corrected chi connectivity index (χ1v) is 14.6. The maximum absolute atomic E-state index is 14.5. The predicted octanol–water partition coefficient (Wildman–Crippen LogP) is 3.53. The summed E-state index contributed by atoms with van der Waals surface area (Å²) in [5.41, 5.74) is 1.46. The molecule has 2 saturated heterocycles. The van der Waals surface area contributed by atoms with Crippen LogP contribution in [0.1, 0.15) is 48.6 Å². The zero-order valence-corrected chi connectivity index (χ0v) is 24.2. The number of likely N-dealkylation sites (tertiary alicyclic amines) is 2. The summed E-state index contributed by atoms with van der Waals surface area (Å²) < 4.78 is 40.4. The first-order chi connectivity index (χ1) is 20.5. The lowest BCUT2D eigenvalue weighted by atomic mass is 9.51. The van der Waals surface area contributed by atoms with Gasteiger partial charge in [-0.3, -0.25) is 9.59 Å². The fraction of sp³-hybridized carbons (Fsp3) is 0.548. The standard InChI is InChI=1S/C31H36N2O9/c1-36-19-14-21-20(39-15-40-21)12-17(19)23-25(30(34)32-8-4-5-9-32)24(26(23)31(35)33-10-6-7-11-33)18-13-22-28(42-16-41-22)29(38-3)27(18)37-2/h12-14,23-26H,4-11,15-16H2,1-3H3. The van der Waals surface area contributed by atoms with E-state index >= 15 is 0 Å². The van der Waals surface area contributed by atoms with Crippen molar-refractivity contribution in [2.24, 2.45) is 11.8 Å². The molecule has 42 heavy (non-hydrogen) atoms. The molecule has 0 spiro atoms. The van der Waals surface area contributed by atoms with Gasteiger partial charge >= 0.3 is 0 Å². The third-order valence-electron chi connectivity index (χ3n) is 9.41. The molecule has 1 saturated carbocycles. The molecule has 0 radical (unpaired) electrons. The van der Waals surface area contributed by atoms with Gasteiger partial charge in [-0.25, -0.2) is 0 Å². The lowest BCUT2D eigenvalue weighted by molar-refractivity contribution is -0.151. The van der Waals surface area contributed by atoms with Crippen LogP contribution in [0.3, 0.4) is 0 Å². The number of nitrogens with zero attached hydrogens (tertiary/aromatic N) is 2. The largest absolute Gasteiger partial charge is 0.496 e. The van der Waals surface area contributed by atoms with Crippen LogP contribution in [0.25, 0.3) is 0 Å². The molecule has 2 aromatic rings. The maximum Gasteiger partial charge on any atom is 0.231 e. The van der Waals surface area contributed by atoms with Crippen LogP contribution in [0.4, 0.5) is 0 Å². The van der Waals surface area contributed by atoms with Crippen LogP contribution in [-0.2, 0) is 9.59 Å². The van der Waals surface area contributed by atoms with Crippen molar-refractivity contribution in [1.29, 1.82) is 0 Å². The van der Waals surface area contributed by atoms with Gasteiger partial charge in [0.2, 0.25) is 36.9 Å². The van der Waals surface area contributed by atoms with Gasteiger partial charge in [0.15, 0.2) is 23.0 Å². The molecule has 3 fully saturated rings. The molecule has 7 rings (SSSR count). The van der Waals surface area contributed by atoms with Crippen molar-refractivity contribution in [3.63, 3.8) is 0 Å². The quantitative estimate of drug-likeness (QED) is 0.486. The van der Waals surface area contributed by atoms with Crippen molar-refractivity contribution < 1.29 is 42.7 Å². The molecule has 2 amide bonds. The highest BCUT2D eigenvalue weighted by molar-refractivity contribution is 5.91. The van der Waals surface area contributed by atoms with Gasteiger partial charge in [-0.05, 0) is 37.8 Å². The van der Waals surface area contributed by atoms with E-state index < -0.39 is 23.7 Å². The summed E-state index contributed by atoms with van der Waals surface area (Å²) in [4.78, 5) is 32.8. The second kappa shape index (κ2) is 10.7. The van der Waals surface area contributed by atoms with Crippen LogP contribution in [-0.4, -0.2) is 82.7 Å². The van der Waals surface area contributed by atoms with Crippen LogP contribution in [0.5, 0.6) is 40.2 Å². The predicted molar refractivity (Wildman–Crippen MR) is 149 cm³/mol. The summed E-state index contributed by atoms with van der Waals surface area (Å²) >= 11 is 0. The van der Waals surface area contributed by atoms with Crippen LogP contribution in [0.2, 0.25) is 0 Å². The Labute approximate surface area is 244 Å². The maximum atomic E-state index is 14.5. The van der Waals surface area contributed by atoms with E-state index in [4.69, 9.17) is 33.2 Å². The molecule has 0 bridgehead atoms. The van der Waals surface area contributed by atoms with Crippen molar-refractivity contribution in [2.45, 2.75) is 37.5 Å². The summed E-state index contributed by atoms with van der Waals surface area (Å²) in [6.45, 7) is 2.93. The Kier molecular flexibility index (Phi) is 6.82. The topological polar surface area (TPSA) is 105 Å². The molecule has 2 unspecified atom stereocenters. The molecule has 5 aliphatic rings. The van der Waals surface area contributed by atoms with Crippen molar-refractivity contribution >= 4 is 11.8 Å². The lowest BCUT2D eigenvalue weighted by Gasteiger charge is -2.52. The van der Waals surface area contributed by atoms with Gasteiger partial charge in [0.25, 0.3) is 0 Å². The lowest BCUT2D eigenvalue weighted by Crippen LogP contribution is -2.57. The number of hydrogen-bond acceptors (Lipinski definition) is 9. The second-order valence-corrected chi connectivity index (χ2v) is 11.4. The summed E-state index contributed by atoms with van der Waals surface area (Å²) in [5, 5.41) is 0. The first-order valence-electron chi connectivity index (χ1n) is 14.6. The Hall–Kier alpha value is -4.02. The Morgan fingerprint density at radius 1 is 0.643 bits per heavy atom. The van der Waals surface area contributed by atoms with Gasteiger partial charge in [-0.15, -0.1) is 0 Å². The SMILES string of the molecule is COc1cc2c(cc1C1C(C(=O)N3CCCC3)C(c3cc4c(c(OC)c3OC)OCO4)C1C(=O)N1CCCC1)OCO2. The van der Waals surface area contributed by atoms with Crippen molar-refractivity contribution in [3.8, 4) is 40.2 Å². The van der Waals surface area contributed by atoms with Gasteiger partial charge in [0, 0.05) is 55.2 Å². The average molecular weight is 581 g/mol. The Balaban J connectivity index is 1.42. The van der Waals surface area contributed by atoms with Gasteiger partial charge < -0.3 is 43.0 Å². The van der Waals surface area contributed by atoms with E-state index in [9.17, 15) is 9.59 Å². The van der Waals surface area contributed by atoms with E-state index in [0.717, 1.165) is 31.2 Å². The number of benzene rings is 2. The van der Waals surface area contributed by atoms with E-state index in [1.807, 2.05) is 21.9 Å². The van der Waals surface area contributed by atoms with E-state index in [1.165, 1.54) is 0 Å². The van der Waals surface area contributed by atoms with E-state index in [1.54, 1.807) is 27.4 Å². The molecule has 224 valence electrons. The minimum atomic E-state index is -0.562. The van der Waals surface area contributed by atoms with E-state index in [-0.39, 0.29) is 25.4 Å². The summed E-state index contributed by atoms with van der Waals surface area (Å²) in [7, 11) is 4.71. The van der Waals surface area contributed by atoms with Gasteiger partial charge in [0.1, 0.15) is 5.75 Å². The van der Waals surface area contributed by atoms with Crippen LogP contribution >= 0.6 is 0 Å². The molecule has 2 atom stereocenters. The number of amides is 2. The number of rotatable bonds is 7. The minimum absolute atomic E-state index is 0.0198. The fourth-order valence-electron chi connectivity index (χ4n) is 7.47. The number of hydrogen-bond donors (Lipinski definition) is 0. The van der Waals surface area contributed by atoms with E-state index in [0.29, 0.717) is 72.0 Å². The Morgan fingerprint density at radius 3 is 1.71 bits per heavy atom. The van der Waals surface area contributed by atoms with Gasteiger partial charge in [-0.1, -0.05) is 0 Å². The normalized spacial score (nSPS) is 25.4. The van der Waals surface area contributed by atoms with Crippen LogP contribution in [0, 0.1) is 11.8 Å². The minimum Gasteiger partial charge on any atom is -0.496 e. The zero-order chi connectivity index (χ0) is 29.0. The Bertz CT molecular complexity index is 1360. The van der Waals surface area contributed by atoms with Crippen molar-refractivity contribution in [1.82, 2.24) is 9.80 Å². The summed E-state index contributed by atoms with van der Waals surface area (Å²) in [5.74, 6) is 1.49. The molecular formula is C31H36N2O9. The van der Waals surface area contributed by atoms with Crippen molar-refractivity contribution in [2.75, 3.05) is 61.1 Å². The molecule has 0 aromatic heterocycles. The highest BCUT2D eigenvalue weighted by atomic mass is 16.7. The highest BCUT2D eigenvalue weighted by Crippen LogP contribution is 2.64. The zero-order valence-electron chi connectivity index (χ0n) is 24.2. The molecule has 1 aliphatic carbocycles. The summed E-state index contributed by atoms with van der Waals surface area (Å²) in [6, 6.07) is 5.54. The number of carbonyl (C=O) groups excluding carboxylic acids is 2. The monoisotopic (exact) mass is 580 g/mol. The number of ether oxygens (including phenoxy) is 7. The molecule has 11 heteroatoms. The highest BCUT2D eigenvalue weighted by Gasteiger charge is 2.61. The van der Waals surface area contributed by atoms with Crippen LogP contribution < -0.4 is 33.2 Å². The smallest absolute Gasteiger partial charge is 0.231 e. The fourth-order valence-corrected chi connectivity index (χ4v) is 7.47. The second-order valence-electron chi connectivity index (χ2n) is 11.4. The number of fused-ring (bicyclic) bond motifs is 2. The van der Waals surface area contributed by atoms with Crippen molar-refractivity contribution in [3.05, 3.63) is 29.3 Å². The number of methoxy groups -OCH3 is 3. The molecule has 0 N–H and O–H groups in total. The molecule has 4 heterocycles. The molecule has 2 aromatic carbocycles. The van der Waals surface area contributed by atoms with Gasteiger partial charge in [0.05, 0.1) is 33.2 Å². The van der Waals surface area contributed by atoms with E-state index in [2.05, 4.69) is 0 Å². The molecule has 4 aliphatic heterocycles. The number of carbonyl (C=O) groups is 2. The average Bonchev–Trinajstić information content (AvgIpc) is 3.82. The van der Waals surface area contributed by atoms with Crippen LogP contribution in [0.15, 0.2) is 18.2 Å². The first kappa shape index (κ1) is 26.9. The molecule has 11 nitrogen and oxygen atoms in total. The molecular weight excluding hydrogens is 544 g/mol. The third kappa shape index (κ3) is 4.07. The Morgan fingerprint density at radius 2 is 1.14 bits per heavy atom. The third-order valence-corrected chi connectivity index (χ3v) is 9.41.